The lowest BCUT2D eigenvalue weighted by atomic mass is 10.1. The van der Waals surface area contributed by atoms with E-state index in [0.717, 1.165) is 5.56 Å². The molecule has 1 fully saturated rings. The number of urea groups is 1. The van der Waals surface area contributed by atoms with Gasteiger partial charge in [0.05, 0.1) is 0 Å². The van der Waals surface area contributed by atoms with Crippen LogP contribution in [0.2, 0.25) is 5.02 Å². The van der Waals surface area contributed by atoms with Gasteiger partial charge in [-0.25, -0.2) is 9.18 Å². The van der Waals surface area contributed by atoms with Gasteiger partial charge >= 0.3 is 6.03 Å². The average Bonchev–Trinajstić information content (AvgIpc) is 2.58. The largest absolute Gasteiger partial charge is 0.488 e. The number of carbonyl (C=O) groups is 3. The van der Waals surface area contributed by atoms with E-state index < -0.39 is 17.8 Å². The molecule has 6 nitrogen and oxygen atoms in total. The Morgan fingerprint density at radius 2 is 1.65 bits per heavy atom. The second-order valence-corrected chi connectivity index (χ2v) is 5.83. The third-order valence-electron chi connectivity index (χ3n) is 3.52. The van der Waals surface area contributed by atoms with Gasteiger partial charge in [-0.15, -0.1) is 0 Å². The molecule has 1 heterocycles. The lowest BCUT2D eigenvalue weighted by Crippen LogP contribution is -2.51. The summed E-state index contributed by atoms with van der Waals surface area (Å²) in [6.45, 7) is 0.148. The van der Waals surface area contributed by atoms with Gasteiger partial charge in [0.1, 0.15) is 23.7 Å². The van der Waals surface area contributed by atoms with Gasteiger partial charge in [-0.3, -0.25) is 20.2 Å². The van der Waals surface area contributed by atoms with Crippen molar-refractivity contribution in [2.45, 2.75) is 6.61 Å². The monoisotopic (exact) mass is 374 g/mol. The van der Waals surface area contributed by atoms with E-state index in [9.17, 15) is 18.8 Å². The Kier molecular flexibility index (Phi) is 4.99. The molecule has 0 aliphatic carbocycles. The Balaban J connectivity index is 1.87. The molecule has 2 aromatic rings. The fourth-order valence-electron chi connectivity index (χ4n) is 2.27. The Morgan fingerprint density at radius 1 is 1.00 bits per heavy atom. The van der Waals surface area contributed by atoms with E-state index in [4.69, 9.17) is 16.3 Å². The van der Waals surface area contributed by atoms with Crippen molar-refractivity contribution in [1.82, 2.24) is 10.6 Å². The van der Waals surface area contributed by atoms with Crippen LogP contribution >= 0.6 is 11.6 Å². The predicted molar refractivity (Wildman–Crippen MR) is 91.8 cm³/mol. The number of imide groups is 2. The first-order valence-electron chi connectivity index (χ1n) is 7.47. The van der Waals surface area contributed by atoms with E-state index in [1.807, 2.05) is 10.6 Å². The van der Waals surface area contributed by atoms with E-state index in [0.29, 0.717) is 16.3 Å². The summed E-state index contributed by atoms with van der Waals surface area (Å²) in [7, 11) is 0. The molecule has 26 heavy (non-hydrogen) atoms. The average molecular weight is 375 g/mol. The van der Waals surface area contributed by atoms with Crippen molar-refractivity contribution >= 4 is 35.5 Å². The Hall–Kier alpha value is -3.19. The van der Waals surface area contributed by atoms with Gasteiger partial charge in [0.25, 0.3) is 11.8 Å². The smallest absolute Gasteiger partial charge is 0.328 e. The van der Waals surface area contributed by atoms with E-state index in [-0.39, 0.29) is 18.0 Å². The van der Waals surface area contributed by atoms with Crippen LogP contribution in [0.4, 0.5) is 9.18 Å². The van der Waals surface area contributed by atoms with Crippen molar-refractivity contribution in [1.29, 1.82) is 0 Å². The number of barbiturate groups is 1. The summed E-state index contributed by atoms with van der Waals surface area (Å²) in [4.78, 5) is 34.8. The number of benzene rings is 2. The Morgan fingerprint density at radius 3 is 2.31 bits per heavy atom. The lowest BCUT2D eigenvalue weighted by Gasteiger charge is -2.15. The van der Waals surface area contributed by atoms with Gasteiger partial charge in [-0.1, -0.05) is 23.7 Å². The topological polar surface area (TPSA) is 84.5 Å². The first-order chi connectivity index (χ1) is 12.4. The van der Waals surface area contributed by atoms with Crippen LogP contribution in [0.5, 0.6) is 5.75 Å². The maximum atomic E-state index is 13.0. The summed E-state index contributed by atoms with van der Waals surface area (Å²) in [6, 6.07) is 9.61. The highest BCUT2D eigenvalue weighted by molar-refractivity contribution is 6.32. The van der Waals surface area contributed by atoms with E-state index in [2.05, 4.69) is 0 Å². The molecule has 132 valence electrons. The summed E-state index contributed by atoms with van der Waals surface area (Å²) in [6.07, 6.45) is 1.28. The van der Waals surface area contributed by atoms with Crippen molar-refractivity contribution in [2.75, 3.05) is 0 Å². The van der Waals surface area contributed by atoms with Gasteiger partial charge in [-0.2, -0.15) is 0 Å². The summed E-state index contributed by atoms with van der Waals surface area (Å²) in [5, 5.41) is 4.35. The highest BCUT2D eigenvalue weighted by Gasteiger charge is 2.28. The highest BCUT2D eigenvalue weighted by atomic mass is 35.5. The molecule has 0 unspecified atom stereocenters. The fourth-order valence-corrected chi connectivity index (χ4v) is 2.45. The number of amides is 4. The highest BCUT2D eigenvalue weighted by Crippen LogP contribution is 2.26. The minimum absolute atomic E-state index is 0.148. The van der Waals surface area contributed by atoms with Gasteiger partial charge in [0, 0.05) is 10.6 Å². The molecule has 0 saturated carbocycles. The van der Waals surface area contributed by atoms with Crippen LogP contribution in [-0.2, 0) is 16.2 Å². The van der Waals surface area contributed by atoms with Gasteiger partial charge < -0.3 is 4.74 Å². The third kappa shape index (κ3) is 4.07. The molecule has 0 atom stereocenters. The second kappa shape index (κ2) is 7.37. The minimum atomic E-state index is -0.879. The molecule has 1 aliphatic heterocycles. The van der Waals surface area contributed by atoms with Crippen molar-refractivity contribution in [3.05, 3.63) is 70.0 Å². The molecule has 3 rings (SSSR count). The molecule has 0 bridgehead atoms. The number of rotatable bonds is 4. The maximum absolute atomic E-state index is 13.0. The van der Waals surface area contributed by atoms with E-state index in [1.54, 1.807) is 24.3 Å². The quantitative estimate of drug-likeness (QED) is 0.636. The van der Waals surface area contributed by atoms with Gasteiger partial charge in [0.15, 0.2) is 0 Å². The van der Waals surface area contributed by atoms with Crippen molar-refractivity contribution in [3.8, 4) is 5.75 Å². The normalized spacial score (nSPS) is 13.9. The maximum Gasteiger partial charge on any atom is 0.328 e. The number of nitrogens with one attached hydrogen (secondary N) is 2. The molecule has 8 heteroatoms. The van der Waals surface area contributed by atoms with E-state index >= 15 is 0 Å². The molecule has 1 aliphatic rings. The van der Waals surface area contributed by atoms with Crippen LogP contribution in [0.15, 0.2) is 48.0 Å². The molecule has 2 aromatic carbocycles. The standard InChI is InChI=1S/C18H12ClFN2O4/c19-12-3-6-15(26-9-10-1-4-13(20)5-2-10)11(7-12)8-14-16(23)21-18(25)22-17(14)24/h1-8H,9H2,(H2,21,22,23,24,25). The van der Waals surface area contributed by atoms with Gasteiger partial charge in [0.2, 0.25) is 0 Å². The molecule has 0 spiro atoms. The predicted octanol–water partition coefficient (Wildman–Crippen LogP) is 2.81. The number of carbonyl (C=O) groups excluding carboxylic acids is 3. The number of hydrogen-bond donors (Lipinski definition) is 2. The zero-order valence-electron chi connectivity index (χ0n) is 13.2. The van der Waals surface area contributed by atoms with Crippen molar-refractivity contribution in [3.63, 3.8) is 0 Å². The molecule has 0 aromatic heterocycles. The molecule has 0 radical (unpaired) electrons. The summed E-state index contributed by atoms with van der Waals surface area (Å²) >= 11 is 5.98. The van der Waals surface area contributed by atoms with Crippen LogP contribution in [0.1, 0.15) is 11.1 Å². The minimum Gasteiger partial charge on any atom is -0.488 e. The Labute approximate surface area is 152 Å². The van der Waals surface area contributed by atoms with Crippen LogP contribution in [0, 0.1) is 5.82 Å². The fraction of sp³-hybridized carbons (Fsp3) is 0.0556. The van der Waals surface area contributed by atoms with Crippen LogP contribution in [0.25, 0.3) is 6.08 Å². The second-order valence-electron chi connectivity index (χ2n) is 5.39. The third-order valence-corrected chi connectivity index (χ3v) is 3.76. The van der Waals surface area contributed by atoms with Crippen LogP contribution in [-0.4, -0.2) is 17.8 Å². The van der Waals surface area contributed by atoms with Crippen LogP contribution in [0.3, 0.4) is 0 Å². The zero-order valence-corrected chi connectivity index (χ0v) is 14.0. The van der Waals surface area contributed by atoms with Gasteiger partial charge in [-0.05, 0) is 42.0 Å². The lowest BCUT2D eigenvalue weighted by molar-refractivity contribution is -0.123. The molecular weight excluding hydrogens is 363 g/mol. The zero-order chi connectivity index (χ0) is 18.7. The number of halogens is 2. The molecule has 1 saturated heterocycles. The molecular formula is C18H12ClFN2O4. The first-order valence-corrected chi connectivity index (χ1v) is 7.85. The summed E-state index contributed by atoms with van der Waals surface area (Å²) < 4.78 is 18.7. The van der Waals surface area contributed by atoms with Crippen molar-refractivity contribution < 1.29 is 23.5 Å². The Bertz CT molecular complexity index is 903. The SMILES string of the molecule is O=C1NC(=O)C(=Cc2cc(Cl)ccc2OCc2ccc(F)cc2)C(=O)N1. The first kappa shape index (κ1) is 17.6. The number of hydrogen-bond acceptors (Lipinski definition) is 4. The number of ether oxygens (including phenoxy) is 1. The molecule has 2 N–H and O–H groups in total. The van der Waals surface area contributed by atoms with Crippen LogP contribution < -0.4 is 15.4 Å². The van der Waals surface area contributed by atoms with Crippen molar-refractivity contribution in [2.24, 2.45) is 0 Å². The van der Waals surface area contributed by atoms with E-state index in [1.165, 1.54) is 24.3 Å². The molecule has 4 amide bonds. The summed E-state index contributed by atoms with van der Waals surface area (Å²) in [5.41, 5.74) is 0.867. The summed E-state index contributed by atoms with van der Waals surface area (Å²) in [5.74, 6) is -1.62.